The minimum Gasteiger partial charge on any atom is -0.491 e. The van der Waals surface area contributed by atoms with E-state index in [1.807, 2.05) is 24.3 Å². The van der Waals surface area contributed by atoms with Gasteiger partial charge < -0.3 is 15.2 Å². The SMILES string of the molecule is CCC(=O)c1ccc(OC[C@@H](O)CN2C(=O)N[C@@]3(CCCc4ccccc43)C2=O)cc1. The number of amides is 3. The highest BCUT2D eigenvalue weighted by atomic mass is 16.5. The molecule has 0 bridgehead atoms. The molecule has 0 radical (unpaired) electrons. The topological polar surface area (TPSA) is 95.9 Å². The number of aliphatic hydroxyl groups excluding tert-OH is 1. The van der Waals surface area contributed by atoms with Gasteiger partial charge in [-0.05, 0) is 54.7 Å². The highest BCUT2D eigenvalue weighted by Crippen LogP contribution is 2.39. The van der Waals surface area contributed by atoms with Crippen molar-refractivity contribution < 1.29 is 24.2 Å². The lowest BCUT2D eigenvalue weighted by atomic mass is 9.76. The molecular weight excluding hydrogens is 396 g/mol. The maximum Gasteiger partial charge on any atom is 0.325 e. The summed E-state index contributed by atoms with van der Waals surface area (Å²) in [7, 11) is 0. The van der Waals surface area contributed by atoms with Gasteiger partial charge in [0.15, 0.2) is 5.78 Å². The summed E-state index contributed by atoms with van der Waals surface area (Å²) in [6, 6.07) is 13.9. The number of imide groups is 1. The number of Topliss-reactive ketones (excluding diaryl/α,β-unsaturated/α-hetero) is 1. The van der Waals surface area contributed by atoms with E-state index < -0.39 is 17.7 Å². The summed E-state index contributed by atoms with van der Waals surface area (Å²) in [6.07, 6.45) is 1.61. The molecule has 3 amide bonds. The fourth-order valence-corrected chi connectivity index (χ4v) is 4.37. The number of benzene rings is 2. The molecule has 2 N–H and O–H groups in total. The van der Waals surface area contributed by atoms with Gasteiger partial charge in [0, 0.05) is 12.0 Å². The molecule has 1 aliphatic carbocycles. The summed E-state index contributed by atoms with van der Waals surface area (Å²) < 4.78 is 5.58. The number of ether oxygens (including phenoxy) is 1. The first kappa shape index (κ1) is 21.1. The highest BCUT2D eigenvalue weighted by molar-refractivity contribution is 6.07. The number of hydrogen-bond acceptors (Lipinski definition) is 5. The normalized spacial score (nSPS) is 21.0. The average molecular weight is 422 g/mol. The summed E-state index contributed by atoms with van der Waals surface area (Å²) in [5.41, 5.74) is 1.47. The van der Waals surface area contributed by atoms with Gasteiger partial charge in [-0.3, -0.25) is 14.5 Å². The van der Waals surface area contributed by atoms with E-state index in [1.54, 1.807) is 31.2 Å². The molecule has 0 aromatic heterocycles. The number of nitrogens with zero attached hydrogens (tertiary/aromatic N) is 1. The predicted octanol–water partition coefficient (Wildman–Crippen LogP) is 2.80. The van der Waals surface area contributed by atoms with Crippen LogP contribution in [0.4, 0.5) is 4.79 Å². The molecule has 1 spiro atoms. The third kappa shape index (κ3) is 3.93. The van der Waals surface area contributed by atoms with E-state index in [-0.39, 0.29) is 24.8 Å². The summed E-state index contributed by atoms with van der Waals surface area (Å²) in [5, 5.41) is 13.3. The number of rotatable bonds is 7. The largest absolute Gasteiger partial charge is 0.491 e. The Morgan fingerprint density at radius 1 is 1.19 bits per heavy atom. The Morgan fingerprint density at radius 3 is 2.68 bits per heavy atom. The zero-order valence-electron chi connectivity index (χ0n) is 17.5. The second-order valence-electron chi connectivity index (χ2n) is 8.03. The lowest BCUT2D eigenvalue weighted by molar-refractivity contribution is -0.133. The quantitative estimate of drug-likeness (QED) is 0.528. The average Bonchev–Trinajstić information content (AvgIpc) is 3.02. The number of hydrogen-bond donors (Lipinski definition) is 2. The fraction of sp³-hybridized carbons (Fsp3) is 0.375. The summed E-state index contributed by atoms with van der Waals surface area (Å²) in [4.78, 5) is 38.6. The van der Waals surface area contributed by atoms with Gasteiger partial charge >= 0.3 is 6.03 Å². The molecular formula is C24H26N2O5. The number of β-amino-alcohol motifs (C(OH)–C–C–N with tert-alkyl or cyclic N) is 1. The second kappa shape index (κ2) is 8.51. The number of fused-ring (bicyclic) bond motifs is 2. The van der Waals surface area contributed by atoms with Crippen LogP contribution in [0.2, 0.25) is 0 Å². The predicted molar refractivity (Wildman–Crippen MR) is 114 cm³/mol. The third-order valence-electron chi connectivity index (χ3n) is 5.98. The molecule has 1 saturated heterocycles. The van der Waals surface area contributed by atoms with Crippen molar-refractivity contribution in [3.63, 3.8) is 0 Å². The van der Waals surface area contributed by atoms with E-state index in [0.717, 1.165) is 28.9 Å². The Hall–Kier alpha value is -3.19. The van der Waals surface area contributed by atoms with Crippen molar-refractivity contribution in [1.29, 1.82) is 0 Å². The summed E-state index contributed by atoms with van der Waals surface area (Å²) >= 11 is 0. The lowest BCUT2D eigenvalue weighted by Crippen LogP contribution is -2.47. The number of aliphatic hydroxyl groups is 1. The van der Waals surface area contributed by atoms with Crippen molar-refractivity contribution in [2.24, 2.45) is 0 Å². The molecule has 4 rings (SSSR count). The van der Waals surface area contributed by atoms with Crippen LogP contribution in [-0.2, 0) is 16.8 Å². The molecule has 1 aliphatic heterocycles. The number of ketones is 1. The van der Waals surface area contributed by atoms with Crippen molar-refractivity contribution in [1.82, 2.24) is 10.2 Å². The van der Waals surface area contributed by atoms with Gasteiger partial charge in [-0.1, -0.05) is 31.2 Å². The van der Waals surface area contributed by atoms with E-state index in [0.29, 0.717) is 24.2 Å². The van der Waals surface area contributed by atoms with Crippen LogP contribution in [0.25, 0.3) is 0 Å². The van der Waals surface area contributed by atoms with Gasteiger partial charge in [0.1, 0.15) is 24.0 Å². The first-order chi connectivity index (χ1) is 14.9. The van der Waals surface area contributed by atoms with Crippen molar-refractivity contribution in [2.75, 3.05) is 13.2 Å². The molecule has 7 nitrogen and oxygen atoms in total. The van der Waals surface area contributed by atoms with Crippen LogP contribution in [0.15, 0.2) is 48.5 Å². The minimum atomic E-state index is -1.05. The summed E-state index contributed by atoms with van der Waals surface area (Å²) in [5.74, 6) is 0.219. The lowest BCUT2D eigenvalue weighted by Gasteiger charge is -2.33. The molecule has 2 aromatic rings. The van der Waals surface area contributed by atoms with Crippen molar-refractivity contribution in [3.05, 3.63) is 65.2 Å². The van der Waals surface area contributed by atoms with Gasteiger partial charge in [0.25, 0.3) is 5.91 Å². The Balaban J connectivity index is 1.40. The number of urea groups is 1. The highest BCUT2D eigenvalue weighted by Gasteiger charge is 2.54. The van der Waals surface area contributed by atoms with Crippen LogP contribution in [-0.4, -0.2) is 47.0 Å². The molecule has 0 saturated carbocycles. The van der Waals surface area contributed by atoms with E-state index in [2.05, 4.69) is 5.32 Å². The van der Waals surface area contributed by atoms with Gasteiger partial charge in [-0.2, -0.15) is 0 Å². The standard InChI is InChI=1S/C24H26N2O5/c1-2-21(28)17-9-11-19(12-10-17)31-15-18(27)14-26-22(29)24(25-23(26)30)13-5-7-16-6-3-4-8-20(16)24/h3-4,6,8-12,18,27H,2,5,7,13-15H2,1H3,(H,25,30)/t18-,24+/m0/s1. The van der Waals surface area contributed by atoms with Gasteiger partial charge in [-0.25, -0.2) is 4.79 Å². The molecule has 2 aliphatic rings. The Morgan fingerprint density at radius 2 is 1.94 bits per heavy atom. The smallest absolute Gasteiger partial charge is 0.325 e. The van der Waals surface area contributed by atoms with E-state index in [1.165, 1.54) is 0 Å². The number of aryl methyl sites for hydroxylation is 1. The van der Waals surface area contributed by atoms with Crippen LogP contribution in [0.1, 0.15) is 47.7 Å². The molecule has 2 atom stereocenters. The van der Waals surface area contributed by atoms with Crippen molar-refractivity contribution in [2.45, 2.75) is 44.2 Å². The van der Waals surface area contributed by atoms with Crippen LogP contribution in [0, 0.1) is 0 Å². The first-order valence-electron chi connectivity index (χ1n) is 10.6. The van der Waals surface area contributed by atoms with Gasteiger partial charge in [0.2, 0.25) is 0 Å². The van der Waals surface area contributed by atoms with Crippen LogP contribution < -0.4 is 10.1 Å². The van der Waals surface area contributed by atoms with Crippen LogP contribution >= 0.6 is 0 Å². The van der Waals surface area contributed by atoms with Crippen LogP contribution in [0.3, 0.4) is 0 Å². The van der Waals surface area contributed by atoms with E-state index in [9.17, 15) is 19.5 Å². The number of carbonyl (C=O) groups is 3. The molecule has 0 unspecified atom stereocenters. The third-order valence-corrected chi connectivity index (χ3v) is 5.98. The Labute approximate surface area is 181 Å². The molecule has 31 heavy (non-hydrogen) atoms. The second-order valence-corrected chi connectivity index (χ2v) is 8.03. The molecule has 2 aromatic carbocycles. The van der Waals surface area contributed by atoms with Gasteiger partial charge in [0.05, 0.1) is 6.54 Å². The number of nitrogens with one attached hydrogen (secondary N) is 1. The molecule has 1 fully saturated rings. The molecule has 162 valence electrons. The zero-order chi connectivity index (χ0) is 22.0. The zero-order valence-corrected chi connectivity index (χ0v) is 17.5. The molecule has 7 heteroatoms. The number of carbonyl (C=O) groups excluding carboxylic acids is 3. The Bertz CT molecular complexity index is 1000. The van der Waals surface area contributed by atoms with Crippen LogP contribution in [0.5, 0.6) is 5.75 Å². The first-order valence-corrected chi connectivity index (χ1v) is 10.6. The fourth-order valence-electron chi connectivity index (χ4n) is 4.37. The van der Waals surface area contributed by atoms with Crippen molar-refractivity contribution >= 4 is 17.7 Å². The maximum atomic E-state index is 13.3. The minimum absolute atomic E-state index is 0.0448. The monoisotopic (exact) mass is 422 g/mol. The van der Waals surface area contributed by atoms with Gasteiger partial charge in [-0.15, -0.1) is 0 Å². The Kier molecular flexibility index (Phi) is 5.78. The van der Waals surface area contributed by atoms with E-state index in [4.69, 9.17) is 4.74 Å². The van der Waals surface area contributed by atoms with E-state index >= 15 is 0 Å². The van der Waals surface area contributed by atoms with Crippen molar-refractivity contribution in [3.8, 4) is 5.75 Å². The summed E-state index contributed by atoms with van der Waals surface area (Å²) in [6.45, 7) is 1.57. The molecule has 1 heterocycles. The maximum absolute atomic E-state index is 13.3.